The van der Waals surface area contributed by atoms with Gasteiger partial charge in [0.25, 0.3) is 5.91 Å². The topological polar surface area (TPSA) is 83.6 Å². The zero-order valence-electron chi connectivity index (χ0n) is 17.4. The van der Waals surface area contributed by atoms with Crippen LogP contribution < -0.4 is 11.1 Å². The second-order valence-corrected chi connectivity index (χ2v) is 8.67. The highest BCUT2D eigenvalue weighted by atomic mass is 32.2. The summed E-state index contributed by atoms with van der Waals surface area (Å²) in [5.74, 6) is -0.277. The molecule has 156 valence electrons. The number of rotatable bonds is 3. The molecule has 1 aliphatic rings. The molecule has 0 bridgehead atoms. The zero-order chi connectivity index (χ0) is 21.6. The molecule has 1 aromatic heterocycles. The summed E-state index contributed by atoms with van der Waals surface area (Å²) in [6.45, 7) is 8.47. The van der Waals surface area contributed by atoms with Gasteiger partial charge in [0.05, 0.1) is 10.8 Å². The van der Waals surface area contributed by atoms with Crippen LogP contribution in [0.5, 0.6) is 0 Å². The van der Waals surface area contributed by atoms with Gasteiger partial charge in [0, 0.05) is 24.0 Å². The van der Waals surface area contributed by atoms with E-state index < -0.39 is 6.04 Å². The molecule has 0 radical (unpaired) electrons. The van der Waals surface area contributed by atoms with E-state index in [9.17, 15) is 9.18 Å². The SMILES string of the molecule is CC.CN1CC(c2cc(NC(=O)c3ccccn3)ccc2F)N=C(N)C(C)(C)S1. The molecule has 2 heterocycles. The Hall–Kier alpha value is -2.45. The highest BCUT2D eigenvalue weighted by Gasteiger charge is 2.32. The van der Waals surface area contributed by atoms with Crippen LogP contribution in [0.15, 0.2) is 47.6 Å². The van der Waals surface area contributed by atoms with Gasteiger partial charge < -0.3 is 11.1 Å². The number of amidine groups is 1. The zero-order valence-corrected chi connectivity index (χ0v) is 18.3. The number of nitrogens with one attached hydrogen (secondary N) is 1. The van der Waals surface area contributed by atoms with Crippen LogP contribution in [0.4, 0.5) is 10.1 Å². The van der Waals surface area contributed by atoms with Gasteiger partial charge in [-0.15, -0.1) is 0 Å². The molecule has 2 aromatic rings. The molecule has 0 fully saturated rings. The van der Waals surface area contributed by atoms with E-state index in [0.717, 1.165) is 0 Å². The number of benzene rings is 1. The van der Waals surface area contributed by atoms with Crippen LogP contribution in [-0.2, 0) is 0 Å². The number of carbonyl (C=O) groups is 1. The van der Waals surface area contributed by atoms with Crippen molar-refractivity contribution in [2.24, 2.45) is 10.7 Å². The van der Waals surface area contributed by atoms with E-state index in [1.54, 1.807) is 42.4 Å². The number of nitrogens with two attached hydrogens (primary N) is 1. The summed E-state index contributed by atoms with van der Waals surface area (Å²) >= 11 is 1.57. The fourth-order valence-corrected chi connectivity index (χ4v) is 3.96. The molecule has 1 aromatic carbocycles. The smallest absolute Gasteiger partial charge is 0.274 e. The summed E-state index contributed by atoms with van der Waals surface area (Å²) in [6.07, 6.45) is 1.54. The van der Waals surface area contributed by atoms with E-state index in [2.05, 4.69) is 15.3 Å². The van der Waals surface area contributed by atoms with E-state index in [1.165, 1.54) is 12.1 Å². The van der Waals surface area contributed by atoms with E-state index >= 15 is 0 Å². The predicted molar refractivity (Wildman–Crippen MR) is 119 cm³/mol. The minimum atomic E-state index is -0.462. The van der Waals surface area contributed by atoms with Crippen molar-refractivity contribution in [2.75, 3.05) is 18.9 Å². The van der Waals surface area contributed by atoms with Crippen molar-refractivity contribution >= 4 is 29.4 Å². The number of pyridine rings is 1. The summed E-state index contributed by atoms with van der Waals surface area (Å²) in [7, 11) is 1.93. The molecule has 1 atom stereocenters. The maximum Gasteiger partial charge on any atom is 0.274 e. The molecule has 0 saturated carbocycles. The first-order valence-electron chi connectivity index (χ1n) is 9.52. The molecular weight excluding hydrogens is 389 g/mol. The second kappa shape index (κ2) is 9.84. The van der Waals surface area contributed by atoms with Gasteiger partial charge >= 0.3 is 0 Å². The minimum Gasteiger partial charge on any atom is -0.386 e. The molecule has 29 heavy (non-hydrogen) atoms. The number of aliphatic imine (C=N–C) groups is 1. The van der Waals surface area contributed by atoms with Crippen LogP contribution in [0.25, 0.3) is 0 Å². The Morgan fingerprint density at radius 3 is 2.69 bits per heavy atom. The van der Waals surface area contributed by atoms with Crippen LogP contribution in [0.2, 0.25) is 0 Å². The van der Waals surface area contributed by atoms with Gasteiger partial charge in [-0.2, -0.15) is 0 Å². The van der Waals surface area contributed by atoms with Crippen LogP contribution in [0.1, 0.15) is 49.8 Å². The monoisotopic (exact) mass is 417 g/mol. The van der Waals surface area contributed by atoms with Crippen molar-refractivity contribution < 1.29 is 9.18 Å². The lowest BCUT2D eigenvalue weighted by atomic mass is 10.0. The number of hydrogen-bond donors (Lipinski definition) is 2. The fourth-order valence-electron chi connectivity index (χ4n) is 2.82. The van der Waals surface area contributed by atoms with Crippen LogP contribution in [0.3, 0.4) is 0 Å². The first kappa shape index (κ1) is 22.8. The van der Waals surface area contributed by atoms with E-state index in [0.29, 0.717) is 23.6 Å². The van der Waals surface area contributed by atoms with E-state index in [1.807, 2.05) is 39.0 Å². The van der Waals surface area contributed by atoms with Gasteiger partial charge in [-0.1, -0.05) is 31.9 Å². The van der Waals surface area contributed by atoms with Gasteiger partial charge in [0.15, 0.2) is 0 Å². The third-order valence-corrected chi connectivity index (χ3v) is 5.36. The average molecular weight is 418 g/mol. The van der Waals surface area contributed by atoms with Crippen molar-refractivity contribution in [3.8, 4) is 0 Å². The summed E-state index contributed by atoms with van der Waals surface area (Å²) in [6, 6.07) is 9.08. The van der Waals surface area contributed by atoms with Crippen molar-refractivity contribution in [3.05, 3.63) is 59.7 Å². The first-order valence-corrected chi connectivity index (χ1v) is 10.3. The normalized spacial score (nSPS) is 18.7. The average Bonchev–Trinajstić information content (AvgIpc) is 2.80. The molecule has 0 saturated heterocycles. The Balaban J connectivity index is 0.00000145. The maximum absolute atomic E-state index is 14.5. The van der Waals surface area contributed by atoms with Crippen molar-refractivity contribution in [1.29, 1.82) is 0 Å². The number of likely N-dealkylation sites (N-methyl/N-ethyl adjacent to an activating group) is 1. The Morgan fingerprint density at radius 2 is 2.03 bits per heavy atom. The Kier molecular flexibility index (Phi) is 7.75. The van der Waals surface area contributed by atoms with E-state index in [4.69, 9.17) is 5.73 Å². The highest BCUT2D eigenvalue weighted by molar-refractivity contribution is 7.99. The number of anilines is 1. The number of nitrogens with zero attached hydrogens (tertiary/aromatic N) is 3. The second-order valence-electron chi connectivity index (χ2n) is 6.85. The number of amides is 1. The molecule has 6 nitrogen and oxygen atoms in total. The molecular formula is C21H28FN5OS. The lowest BCUT2D eigenvalue weighted by Gasteiger charge is -2.25. The molecule has 3 rings (SSSR count). The molecule has 8 heteroatoms. The third kappa shape index (κ3) is 5.77. The molecule has 0 spiro atoms. The maximum atomic E-state index is 14.5. The summed E-state index contributed by atoms with van der Waals surface area (Å²) in [5.41, 5.74) is 7.31. The predicted octanol–water partition coefficient (Wildman–Crippen LogP) is 4.27. The van der Waals surface area contributed by atoms with Gasteiger partial charge in [-0.05, 0) is 51.2 Å². The molecule has 3 N–H and O–H groups in total. The summed E-state index contributed by atoms with van der Waals surface area (Å²) < 4.78 is 16.2. The third-order valence-electron chi connectivity index (χ3n) is 4.24. The summed E-state index contributed by atoms with van der Waals surface area (Å²) in [5, 5.41) is 2.75. The van der Waals surface area contributed by atoms with Crippen LogP contribution in [-0.4, -0.2) is 39.4 Å². The highest BCUT2D eigenvalue weighted by Crippen LogP contribution is 2.35. The first-order chi connectivity index (χ1) is 13.8. The molecule has 1 aliphatic heterocycles. The lowest BCUT2D eigenvalue weighted by Crippen LogP contribution is -2.36. The largest absolute Gasteiger partial charge is 0.386 e. The van der Waals surface area contributed by atoms with Crippen molar-refractivity contribution in [3.63, 3.8) is 0 Å². The van der Waals surface area contributed by atoms with Crippen LogP contribution >= 0.6 is 11.9 Å². The Bertz CT molecular complexity index is 873. The minimum absolute atomic E-state index is 0.290. The van der Waals surface area contributed by atoms with Crippen LogP contribution in [0, 0.1) is 5.82 Å². The molecule has 1 unspecified atom stereocenters. The lowest BCUT2D eigenvalue weighted by molar-refractivity contribution is 0.102. The van der Waals surface area contributed by atoms with Gasteiger partial charge in [0.2, 0.25) is 0 Å². The summed E-state index contributed by atoms with van der Waals surface area (Å²) in [4.78, 5) is 20.9. The van der Waals surface area contributed by atoms with Gasteiger partial charge in [0.1, 0.15) is 17.3 Å². The van der Waals surface area contributed by atoms with Crippen molar-refractivity contribution in [2.45, 2.75) is 38.5 Å². The number of halogens is 1. The molecule has 1 amide bonds. The number of aromatic nitrogens is 1. The van der Waals surface area contributed by atoms with Gasteiger partial charge in [-0.25, -0.2) is 4.39 Å². The quantitative estimate of drug-likeness (QED) is 0.729. The van der Waals surface area contributed by atoms with Gasteiger partial charge in [-0.3, -0.25) is 19.1 Å². The van der Waals surface area contributed by atoms with E-state index in [-0.39, 0.29) is 22.2 Å². The molecule has 0 aliphatic carbocycles. The number of hydrogen-bond acceptors (Lipinski definition) is 6. The fraction of sp³-hybridized carbons (Fsp3) is 0.381. The van der Waals surface area contributed by atoms with Crippen molar-refractivity contribution in [1.82, 2.24) is 9.29 Å². The Labute approximate surface area is 175 Å². The standard InChI is InChI=1S/C19H22FN5OS.C2H6/c1-19(2)18(21)24-16(11-25(3)27-19)13-10-12(7-8-14(13)20)23-17(26)15-6-4-5-9-22-15;1-2/h4-10,16H,11H2,1-3H3,(H2,21,24)(H,23,26);1-2H3. The number of carbonyl (C=O) groups excluding carboxylic acids is 1. The Morgan fingerprint density at radius 1 is 1.31 bits per heavy atom.